The van der Waals surface area contributed by atoms with Crippen LogP contribution in [-0.2, 0) is 14.3 Å². The van der Waals surface area contributed by atoms with Crippen LogP contribution in [-0.4, -0.2) is 44.4 Å². The maximum atomic E-state index is 11.7. The lowest BCUT2D eigenvalue weighted by Gasteiger charge is -2.22. The van der Waals surface area contributed by atoms with Crippen molar-refractivity contribution in [3.8, 4) is 0 Å². The van der Waals surface area contributed by atoms with Crippen molar-refractivity contribution in [3.05, 3.63) is 0 Å². The fourth-order valence-corrected chi connectivity index (χ4v) is 1.85. The maximum absolute atomic E-state index is 11.7. The molecule has 0 saturated carbocycles. The summed E-state index contributed by atoms with van der Waals surface area (Å²) in [5.74, 6) is 1.25. The Bertz CT molecular complexity index is 214. The van der Waals surface area contributed by atoms with Crippen LogP contribution in [0.3, 0.4) is 0 Å². The molecule has 88 valence electrons. The van der Waals surface area contributed by atoms with E-state index >= 15 is 0 Å². The number of carbonyl (C=O) groups excluding carboxylic acids is 1. The van der Waals surface area contributed by atoms with Gasteiger partial charge < -0.3 is 14.4 Å². The molecule has 1 aliphatic rings. The van der Waals surface area contributed by atoms with E-state index < -0.39 is 0 Å². The Morgan fingerprint density at radius 1 is 1.40 bits per heavy atom. The largest absolute Gasteiger partial charge is 0.354 e. The molecule has 0 N–H and O–H groups in total. The molecule has 4 nitrogen and oxygen atoms in total. The maximum Gasteiger partial charge on any atom is 0.223 e. The highest BCUT2D eigenvalue weighted by molar-refractivity contribution is 5.78. The van der Waals surface area contributed by atoms with Crippen molar-refractivity contribution in [2.24, 2.45) is 11.8 Å². The first-order chi connectivity index (χ1) is 7.08. The topological polar surface area (TPSA) is 38.8 Å². The van der Waals surface area contributed by atoms with E-state index in [-0.39, 0.29) is 12.2 Å². The number of rotatable bonds is 5. The SMILES string of the molecule is COC(CN1CC(C(C)C)CC1=O)OC. The van der Waals surface area contributed by atoms with Gasteiger partial charge in [0.2, 0.25) is 5.91 Å². The van der Waals surface area contributed by atoms with Crippen LogP contribution in [0.4, 0.5) is 0 Å². The number of ether oxygens (including phenoxy) is 2. The van der Waals surface area contributed by atoms with Crippen LogP contribution in [0.1, 0.15) is 20.3 Å². The number of nitrogens with zero attached hydrogens (tertiary/aromatic N) is 1. The summed E-state index contributed by atoms with van der Waals surface area (Å²) in [7, 11) is 3.18. The zero-order valence-corrected chi connectivity index (χ0v) is 10.0. The van der Waals surface area contributed by atoms with Crippen molar-refractivity contribution in [3.63, 3.8) is 0 Å². The Morgan fingerprint density at radius 2 is 2.00 bits per heavy atom. The summed E-state index contributed by atoms with van der Waals surface area (Å²) in [4.78, 5) is 13.5. The summed E-state index contributed by atoms with van der Waals surface area (Å²) in [6, 6.07) is 0. The summed E-state index contributed by atoms with van der Waals surface area (Å²) in [5.41, 5.74) is 0. The van der Waals surface area contributed by atoms with Gasteiger partial charge in [-0.15, -0.1) is 0 Å². The first-order valence-corrected chi connectivity index (χ1v) is 5.41. The minimum atomic E-state index is -0.306. The monoisotopic (exact) mass is 215 g/mol. The molecule has 0 spiro atoms. The lowest BCUT2D eigenvalue weighted by atomic mass is 9.95. The van der Waals surface area contributed by atoms with Gasteiger partial charge in [-0.2, -0.15) is 0 Å². The first kappa shape index (κ1) is 12.5. The fraction of sp³-hybridized carbons (Fsp3) is 0.909. The van der Waals surface area contributed by atoms with Gasteiger partial charge >= 0.3 is 0 Å². The molecule has 1 saturated heterocycles. The van der Waals surface area contributed by atoms with E-state index in [4.69, 9.17) is 9.47 Å². The standard InChI is InChI=1S/C11H21NO3/c1-8(2)9-5-10(13)12(6-9)7-11(14-3)15-4/h8-9,11H,5-7H2,1-4H3. The van der Waals surface area contributed by atoms with Crippen LogP contribution in [0.2, 0.25) is 0 Å². The normalized spacial score (nSPS) is 22.1. The predicted molar refractivity (Wildman–Crippen MR) is 57.3 cm³/mol. The van der Waals surface area contributed by atoms with Crippen molar-refractivity contribution < 1.29 is 14.3 Å². The Labute approximate surface area is 91.5 Å². The van der Waals surface area contributed by atoms with Gasteiger partial charge in [-0.1, -0.05) is 13.8 Å². The van der Waals surface area contributed by atoms with Crippen molar-refractivity contribution in [2.75, 3.05) is 27.3 Å². The number of likely N-dealkylation sites (tertiary alicyclic amines) is 1. The second kappa shape index (κ2) is 5.47. The molecule has 1 rings (SSSR count). The van der Waals surface area contributed by atoms with E-state index in [1.54, 1.807) is 14.2 Å². The van der Waals surface area contributed by atoms with Crippen molar-refractivity contribution in [1.29, 1.82) is 0 Å². The van der Waals surface area contributed by atoms with E-state index in [1.165, 1.54) is 0 Å². The molecule has 1 fully saturated rings. The van der Waals surface area contributed by atoms with E-state index in [2.05, 4.69) is 13.8 Å². The second-order valence-electron chi connectivity index (χ2n) is 4.41. The predicted octanol–water partition coefficient (Wildman–Crippen LogP) is 1.11. The zero-order chi connectivity index (χ0) is 11.4. The highest BCUT2D eigenvalue weighted by Crippen LogP contribution is 2.24. The van der Waals surface area contributed by atoms with Crippen LogP contribution in [0.5, 0.6) is 0 Å². The Hall–Kier alpha value is -0.610. The van der Waals surface area contributed by atoms with Crippen LogP contribution in [0, 0.1) is 11.8 Å². The first-order valence-electron chi connectivity index (χ1n) is 5.41. The number of hydrogen-bond donors (Lipinski definition) is 0. The molecule has 0 bridgehead atoms. The second-order valence-corrected chi connectivity index (χ2v) is 4.41. The fourth-order valence-electron chi connectivity index (χ4n) is 1.85. The Balaban J connectivity index is 2.46. The number of hydrogen-bond acceptors (Lipinski definition) is 3. The van der Waals surface area contributed by atoms with Gasteiger partial charge in [-0.25, -0.2) is 0 Å². The lowest BCUT2D eigenvalue weighted by molar-refractivity contribution is -0.141. The van der Waals surface area contributed by atoms with E-state index in [0.717, 1.165) is 6.54 Å². The molecule has 1 amide bonds. The van der Waals surface area contributed by atoms with Crippen LogP contribution in [0.15, 0.2) is 0 Å². The molecule has 1 heterocycles. The molecule has 1 aliphatic heterocycles. The van der Waals surface area contributed by atoms with Crippen molar-refractivity contribution in [1.82, 2.24) is 4.90 Å². The molecular weight excluding hydrogens is 194 g/mol. The van der Waals surface area contributed by atoms with Gasteiger partial charge in [0.1, 0.15) is 0 Å². The lowest BCUT2D eigenvalue weighted by Crippen LogP contribution is -2.35. The number of methoxy groups -OCH3 is 2. The van der Waals surface area contributed by atoms with Crippen molar-refractivity contribution in [2.45, 2.75) is 26.6 Å². The molecule has 0 aliphatic carbocycles. The zero-order valence-electron chi connectivity index (χ0n) is 10.0. The highest BCUT2D eigenvalue weighted by Gasteiger charge is 2.32. The smallest absolute Gasteiger partial charge is 0.223 e. The average molecular weight is 215 g/mol. The Morgan fingerprint density at radius 3 is 2.40 bits per heavy atom. The number of carbonyl (C=O) groups is 1. The summed E-state index contributed by atoms with van der Waals surface area (Å²) < 4.78 is 10.2. The molecule has 1 unspecified atom stereocenters. The third-order valence-corrected chi connectivity index (χ3v) is 3.08. The molecule has 1 atom stereocenters. The van der Waals surface area contributed by atoms with E-state index in [0.29, 0.717) is 24.8 Å². The average Bonchev–Trinajstić information content (AvgIpc) is 2.56. The minimum Gasteiger partial charge on any atom is -0.354 e. The molecule has 0 radical (unpaired) electrons. The van der Waals surface area contributed by atoms with E-state index in [9.17, 15) is 4.79 Å². The number of amides is 1. The quantitative estimate of drug-likeness (QED) is 0.645. The summed E-state index contributed by atoms with van der Waals surface area (Å²) in [6.07, 6.45) is 0.359. The molecule has 0 aromatic carbocycles. The van der Waals surface area contributed by atoms with Gasteiger partial charge in [-0.3, -0.25) is 4.79 Å². The van der Waals surface area contributed by atoms with Crippen LogP contribution < -0.4 is 0 Å². The third-order valence-electron chi connectivity index (χ3n) is 3.08. The minimum absolute atomic E-state index is 0.216. The molecular formula is C11H21NO3. The summed E-state index contributed by atoms with van der Waals surface area (Å²) in [6.45, 7) is 5.69. The third kappa shape index (κ3) is 3.18. The van der Waals surface area contributed by atoms with Crippen LogP contribution in [0.25, 0.3) is 0 Å². The van der Waals surface area contributed by atoms with Crippen LogP contribution >= 0.6 is 0 Å². The van der Waals surface area contributed by atoms with Gasteiger partial charge in [0, 0.05) is 27.2 Å². The van der Waals surface area contributed by atoms with E-state index in [1.807, 2.05) is 4.90 Å². The van der Waals surface area contributed by atoms with Crippen molar-refractivity contribution >= 4 is 5.91 Å². The summed E-state index contributed by atoms with van der Waals surface area (Å²) >= 11 is 0. The van der Waals surface area contributed by atoms with Gasteiger partial charge in [0.25, 0.3) is 0 Å². The highest BCUT2D eigenvalue weighted by atomic mass is 16.7. The molecule has 0 aromatic rings. The molecule has 0 aromatic heterocycles. The van der Waals surface area contributed by atoms with Gasteiger partial charge in [-0.05, 0) is 11.8 Å². The van der Waals surface area contributed by atoms with Gasteiger partial charge in [0.05, 0.1) is 6.54 Å². The Kier molecular flexibility index (Phi) is 4.54. The summed E-state index contributed by atoms with van der Waals surface area (Å²) in [5, 5.41) is 0. The molecule has 15 heavy (non-hydrogen) atoms. The molecule has 4 heteroatoms. The van der Waals surface area contributed by atoms with Gasteiger partial charge in [0.15, 0.2) is 6.29 Å².